The molecule has 0 aliphatic heterocycles. The van der Waals surface area contributed by atoms with E-state index in [1.807, 2.05) is 0 Å². The normalized spacial score (nSPS) is 11.2. The lowest BCUT2D eigenvalue weighted by molar-refractivity contribution is -0.384. The molecule has 0 unspecified atom stereocenters. The Balaban J connectivity index is 1.73. The summed E-state index contributed by atoms with van der Waals surface area (Å²) >= 11 is 7.60. The monoisotopic (exact) mass is 449 g/mol. The maximum Gasteiger partial charge on any atom is 0.271 e. The first-order valence-electron chi connectivity index (χ1n) is 9.76. The molecule has 8 heteroatoms. The van der Waals surface area contributed by atoms with Crippen LogP contribution >= 0.6 is 23.4 Å². The minimum Gasteiger partial charge on any atom is -0.384 e. The first kappa shape index (κ1) is 24.0. The van der Waals surface area contributed by atoms with Crippen LogP contribution in [-0.2, 0) is 10.2 Å². The summed E-state index contributed by atoms with van der Waals surface area (Å²) in [6.45, 7) is 9.72. The number of hydrogen-bond acceptors (Lipinski definition) is 5. The molecule has 2 rings (SSSR count). The second kappa shape index (κ2) is 10.7. The number of non-ortho nitro benzene ring substituents is 1. The molecule has 162 valence electrons. The lowest BCUT2D eigenvalue weighted by atomic mass is 9.87. The number of thioether (sulfide) groups is 1. The number of carbonyl (C=O) groups is 1. The van der Waals surface area contributed by atoms with Crippen LogP contribution in [0.5, 0.6) is 0 Å². The lowest BCUT2D eigenvalue weighted by Crippen LogP contribution is -2.27. The Hall–Kier alpha value is -2.25. The molecular formula is C22H28ClN3O3S. The average Bonchev–Trinajstić information content (AvgIpc) is 2.67. The van der Waals surface area contributed by atoms with Crippen molar-refractivity contribution in [3.8, 4) is 0 Å². The largest absolute Gasteiger partial charge is 0.384 e. The van der Waals surface area contributed by atoms with Crippen LogP contribution in [0.25, 0.3) is 0 Å². The third-order valence-corrected chi connectivity index (χ3v) is 6.04. The van der Waals surface area contributed by atoms with Gasteiger partial charge in [0, 0.05) is 30.1 Å². The van der Waals surface area contributed by atoms with E-state index < -0.39 is 4.92 Å². The molecule has 30 heavy (non-hydrogen) atoms. The maximum absolute atomic E-state index is 12.2. The van der Waals surface area contributed by atoms with E-state index in [-0.39, 0.29) is 17.0 Å². The Labute approximate surface area is 186 Å². The van der Waals surface area contributed by atoms with E-state index in [4.69, 9.17) is 11.6 Å². The Morgan fingerprint density at radius 2 is 1.90 bits per heavy atom. The molecule has 6 nitrogen and oxygen atoms in total. The molecule has 0 heterocycles. The number of amides is 1. The zero-order chi connectivity index (χ0) is 22.3. The molecule has 0 aromatic heterocycles. The number of hydrogen-bond donors (Lipinski definition) is 2. The van der Waals surface area contributed by atoms with Crippen molar-refractivity contribution in [1.29, 1.82) is 0 Å². The zero-order valence-corrected chi connectivity index (χ0v) is 19.3. The van der Waals surface area contributed by atoms with Crippen LogP contribution < -0.4 is 10.6 Å². The molecule has 2 aromatic carbocycles. The van der Waals surface area contributed by atoms with Gasteiger partial charge in [-0.3, -0.25) is 14.9 Å². The first-order chi connectivity index (χ1) is 14.1. The van der Waals surface area contributed by atoms with Gasteiger partial charge in [-0.25, -0.2) is 0 Å². The predicted octanol–water partition coefficient (Wildman–Crippen LogP) is 5.56. The van der Waals surface area contributed by atoms with E-state index in [0.29, 0.717) is 36.0 Å². The van der Waals surface area contributed by atoms with Crippen molar-refractivity contribution < 1.29 is 9.72 Å². The van der Waals surface area contributed by atoms with Gasteiger partial charge in [0.15, 0.2) is 0 Å². The number of rotatable bonds is 9. The van der Waals surface area contributed by atoms with Crippen molar-refractivity contribution in [1.82, 2.24) is 5.32 Å². The maximum atomic E-state index is 12.2. The molecule has 0 aliphatic carbocycles. The molecular weight excluding hydrogens is 422 g/mol. The molecule has 0 saturated heterocycles. The van der Waals surface area contributed by atoms with Crippen molar-refractivity contribution in [2.75, 3.05) is 24.2 Å². The van der Waals surface area contributed by atoms with Crippen LogP contribution in [0.15, 0.2) is 41.3 Å². The van der Waals surface area contributed by atoms with E-state index >= 15 is 0 Å². The standard InChI is InChI=1S/C22H28ClN3O3S/c1-15-6-7-16(22(2,3)4)12-20(15)30-14-21(27)25-11-5-10-24-19-9-8-17(26(28)29)13-18(19)23/h6-9,12-13,24H,5,10-11,14H2,1-4H3,(H,25,27). The summed E-state index contributed by atoms with van der Waals surface area (Å²) in [5.74, 6) is 0.365. The number of nitrogens with one attached hydrogen (secondary N) is 2. The predicted molar refractivity (Wildman–Crippen MR) is 125 cm³/mol. The third kappa shape index (κ3) is 7.22. The van der Waals surface area contributed by atoms with Crippen molar-refractivity contribution in [3.63, 3.8) is 0 Å². The highest BCUT2D eigenvalue weighted by Gasteiger charge is 2.15. The number of anilines is 1. The number of halogens is 1. The number of nitro benzene ring substituents is 1. The van der Waals surface area contributed by atoms with Gasteiger partial charge < -0.3 is 10.6 Å². The summed E-state index contributed by atoms with van der Waals surface area (Å²) in [5.41, 5.74) is 3.10. The fourth-order valence-corrected chi connectivity index (χ4v) is 3.85. The fraction of sp³-hybridized carbons (Fsp3) is 0.409. The summed E-state index contributed by atoms with van der Waals surface area (Å²) in [5, 5.41) is 17.1. The van der Waals surface area contributed by atoms with E-state index in [1.54, 1.807) is 17.8 Å². The highest BCUT2D eigenvalue weighted by atomic mass is 35.5. The number of carbonyl (C=O) groups excluding carboxylic acids is 1. The molecule has 0 aliphatic rings. The summed E-state index contributed by atoms with van der Waals surface area (Å²) in [4.78, 5) is 23.5. The second-order valence-corrected chi connectivity index (χ2v) is 9.49. The van der Waals surface area contributed by atoms with E-state index in [1.165, 1.54) is 23.3 Å². The van der Waals surface area contributed by atoms with Gasteiger partial charge in [-0.05, 0) is 42.0 Å². The number of nitrogens with zero attached hydrogens (tertiary/aromatic N) is 1. The molecule has 0 saturated carbocycles. The summed E-state index contributed by atoms with van der Waals surface area (Å²) < 4.78 is 0. The topological polar surface area (TPSA) is 84.3 Å². The van der Waals surface area contributed by atoms with Gasteiger partial charge in [-0.15, -0.1) is 11.8 Å². The molecule has 0 spiro atoms. The van der Waals surface area contributed by atoms with Gasteiger partial charge in [-0.1, -0.05) is 44.5 Å². The van der Waals surface area contributed by atoms with Crippen molar-refractivity contribution >= 4 is 40.6 Å². The van der Waals surface area contributed by atoms with Crippen LogP contribution in [0, 0.1) is 17.0 Å². The Kier molecular flexibility index (Phi) is 8.55. The number of benzene rings is 2. The molecule has 0 atom stereocenters. The summed E-state index contributed by atoms with van der Waals surface area (Å²) in [6, 6.07) is 10.7. The Morgan fingerprint density at radius 1 is 1.17 bits per heavy atom. The minimum absolute atomic E-state index is 0.00562. The van der Waals surface area contributed by atoms with Gasteiger partial charge in [-0.2, -0.15) is 0 Å². The lowest BCUT2D eigenvalue weighted by Gasteiger charge is -2.20. The molecule has 0 bridgehead atoms. The smallest absolute Gasteiger partial charge is 0.271 e. The van der Waals surface area contributed by atoms with Crippen molar-refractivity contribution in [2.24, 2.45) is 0 Å². The van der Waals surface area contributed by atoms with Crippen LogP contribution in [0.2, 0.25) is 5.02 Å². The molecule has 1 amide bonds. The third-order valence-electron chi connectivity index (χ3n) is 4.57. The average molecular weight is 450 g/mol. The van der Waals surface area contributed by atoms with E-state index in [9.17, 15) is 14.9 Å². The van der Waals surface area contributed by atoms with Crippen molar-refractivity contribution in [3.05, 3.63) is 62.7 Å². The van der Waals surface area contributed by atoms with Gasteiger partial charge >= 0.3 is 0 Å². The highest BCUT2D eigenvalue weighted by molar-refractivity contribution is 8.00. The zero-order valence-electron chi connectivity index (χ0n) is 17.8. The van der Waals surface area contributed by atoms with Gasteiger partial charge in [0.1, 0.15) is 0 Å². The first-order valence-corrected chi connectivity index (χ1v) is 11.1. The molecule has 0 fully saturated rings. The second-order valence-electron chi connectivity index (χ2n) is 8.07. The Morgan fingerprint density at radius 3 is 2.53 bits per heavy atom. The van der Waals surface area contributed by atoms with Crippen LogP contribution in [0.4, 0.5) is 11.4 Å². The fourth-order valence-electron chi connectivity index (χ4n) is 2.72. The van der Waals surface area contributed by atoms with E-state index in [0.717, 1.165) is 4.90 Å². The van der Waals surface area contributed by atoms with Crippen LogP contribution in [0.1, 0.15) is 38.3 Å². The molecule has 2 N–H and O–H groups in total. The highest BCUT2D eigenvalue weighted by Crippen LogP contribution is 2.29. The SMILES string of the molecule is Cc1ccc(C(C)(C)C)cc1SCC(=O)NCCCNc1ccc([N+](=O)[O-])cc1Cl. The minimum atomic E-state index is -0.482. The summed E-state index contributed by atoms with van der Waals surface area (Å²) in [6.07, 6.45) is 0.711. The summed E-state index contributed by atoms with van der Waals surface area (Å²) in [7, 11) is 0. The molecule has 2 aromatic rings. The van der Waals surface area contributed by atoms with Crippen LogP contribution in [0.3, 0.4) is 0 Å². The number of nitro groups is 1. The quantitative estimate of drug-likeness (QED) is 0.226. The van der Waals surface area contributed by atoms with Gasteiger partial charge in [0.25, 0.3) is 5.69 Å². The van der Waals surface area contributed by atoms with Crippen LogP contribution in [-0.4, -0.2) is 29.7 Å². The van der Waals surface area contributed by atoms with Gasteiger partial charge in [0.2, 0.25) is 5.91 Å². The van der Waals surface area contributed by atoms with Gasteiger partial charge in [0.05, 0.1) is 21.4 Å². The van der Waals surface area contributed by atoms with E-state index in [2.05, 4.69) is 56.5 Å². The Bertz CT molecular complexity index is 913. The molecule has 0 radical (unpaired) electrons. The van der Waals surface area contributed by atoms with Crippen molar-refractivity contribution in [2.45, 2.75) is 44.4 Å². The number of aryl methyl sites for hydroxylation is 1.